The van der Waals surface area contributed by atoms with Crippen molar-refractivity contribution in [3.05, 3.63) is 162 Å². The molecule has 4 heterocycles. The number of para-hydroxylation sites is 1. The standard InChI is InChI=1S/C55H47N5/c1-32-31-55(7)41-21-13-19-38-45-42(59(49(38)41)44-22-14-20-40(47(44)55)54(32,5)6)29-30-43-46(45)39-28-25-33-15-11-12-18-37(33)48(39)60(43)52-57-50(34-16-9-8-10-17-34)56-51(58-52)35-23-26-36(27-24-35)53(2,3)4/h8-30,32H,31H2,1-7H3. The van der Waals surface area contributed by atoms with E-state index in [0.717, 1.165) is 34.0 Å². The lowest BCUT2D eigenvalue weighted by Crippen LogP contribution is -2.44. The lowest BCUT2D eigenvalue weighted by molar-refractivity contribution is 0.244. The first kappa shape index (κ1) is 35.4. The molecule has 2 aliphatic rings. The highest BCUT2D eigenvalue weighted by Gasteiger charge is 2.49. The molecule has 0 saturated heterocycles. The van der Waals surface area contributed by atoms with Crippen LogP contribution in [-0.4, -0.2) is 24.1 Å². The minimum Gasteiger partial charge on any atom is -0.309 e. The van der Waals surface area contributed by atoms with Crippen molar-refractivity contribution in [1.82, 2.24) is 24.1 Å². The molecule has 5 heteroatoms. The molecule has 1 aliphatic heterocycles. The Balaban J connectivity index is 1.22. The summed E-state index contributed by atoms with van der Waals surface area (Å²) in [7, 11) is 0. The van der Waals surface area contributed by atoms with E-state index in [0.29, 0.717) is 23.5 Å². The van der Waals surface area contributed by atoms with Gasteiger partial charge in [-0.25, -0.2) is 4.98 Å². The first-order chi connectivity index (χ1) is 28.9. The molecule has 5 nitrogen and oxygen atoms in total. The first-order valence-electron chi connectivity index (χ1n) is 21.4. The Kier molecular flexibility index (Phi) is 7.08. The van der Waals surface area contributed by atoms with Gasteiger partial charge in [-0.05, 0) is 69.0 Å². The van der Waals surface area contributed by atoms with E-state index in [9.17, 15) is 0 Å². The molecule has 0 fully saturated rings. The second kappa shape index (κ2) is 12.0. The maximum atomic E-state index is 5.39. The van der Waals surface area contributed by atoms with Gasteiger partial charge in [-0.1, -0.05) is 170 Å². The lowest BCUT2D eigenvalue weighted by Gasteiger charge is -2.50. The second-order valence-corrected chi connectivity index (χ2v) is 19.2. The molecular weight excluding hydrogens is 731 g/mol. The minimum absolute atomic E-state index is 0.0327. The van der Waals surface area contributed by atoms with E-state index in [1.165, 1.54) is 65.9 Å². The Labute approximate surface area is 350 Å². The average molecular weight is 778 g/mol. The zero-order valence-electron chi connectivity index (χ0n) is 35.3. The number of rotatable bonds is 3. The summed E-state index contributed by atoms with van der Waals surface area (Å²) < 4.78 is 4.90. The zero-order chi connectivity index (χ0) is 40.9. The largest absolute Gasteiger partial charge is 0.309 e. The summed E-state index contributed by atoms with van der Waals surface area (Å²) in [6.07, 6.45) is 1.11. The summed E-state index contributed by atoms with van der Waals surface area (Å²) in [4.78, 5) is 15.9. The average Bonchev–Trinajstić information content (AvgIpc) is 3.78. The van der Waals surface area contributed by atoms with Crippen LogP contribution < -0.4 is 0 Å². The van der Waals surface area contributed by atoms with E-state index in [-0.39, 0.29) is 16.2 Å². The van der Waals surface area contributed by atoms with Gasteiger partial charge in [-0.15, -0.1) is 0 Å². The van der Waals surface area contributed by atoms with E-state index in [1.54, 1.807) is 0 Å². The number of aromatic nitrogens is 5. The fourth-order valence-corrected chi connectivity index (χ4v) is 11.1. The van der Waals surface area contributed by atoms with Crippen LogP contribution in [0.4, 0.5) is 0 Å². The highest BCUT2D eigenvalue weighted by Crippen LogP contribution is 2.58. The number of benzene rings is 7. The molecule has 12 rings (SSSR count). The fraction of sp³-hybridized carbons (Fsp3) is 0.218. The van der Waals surface area contributed by atoms with E-state index in [4.69, 9.17) is 15.0 Å². The van der Waals surface area contributed by atoms with Crippen molar-refractivity contribution in [2.45, 2.75) is 71.1 Å². The van der Waals surface area contributed by atoms with Crippen LogP contribution in [0.1, 0.15) is 77.1 Å². The third-order valence-corrected chi connectivity index (χ3v) is 14.5. The quantitative estimate of drug-likeness (QED) is 0.179. The van der Waals surface area contributed by atoms with E-state index in [2.05, 4.69) is 179 Å². The SMILES string of the molecule is CC1CC2(C)c3c(cccc3C1(C)C)-n1c3ccc4c(c5ccc6ccccc6c5n4-c4nc(-c5ccccc5)nc(-c5ccc(C(C)(C)C)cc5)n4)c3c3cccc2c31. The summed E-state index contributed by atoms with van der Waals surface area (Å²) >= 11 is 0. The van der Waals surface area contributed by atoms with Crippen LogP contribution >= 0.6 is 0 Å². The number of hydrogen-bond donors (Lipinski definition) is 0. The molecule has 2 unspecified atom stereocenters. The van der Waals surface area contributed by atoms with Crippen LogP contribution in [0.2, 0.25) is 0 Å². The van der Waals surface area contributed by atoms with Gasteiger partial charge in [0.05, 0.1) is 27.8 Å². The van der Waals surface area contributed by atoms with E-state index >= 15 is 0 Å². The van der Waals surface area contributed by atoms with Crippen molar-refractivity contribution >= 4 is 54.4 Å². The first-order valence-corrected chi connectivity index (χ1v) is 21.4. The Morgan fingerprint density at radius 1 is 0.550 bits per heavy atom. The highest BCUT2D eigenvalue weighted by molar-refractivity contribution is 6.31. The molecule has 0 saturated carbocycles. The fourth-order valence-electron chi connectivity index (χ4n) is 11.1. The van der Waals surface area contributed by atoms with Crippen molar-refractivity contribution in [2.24, 2.45) is 5.92 Å². The third kappa shape index (κ3) is 4.66. The van der Waals surface area contributed by atoms with Gasteiger partial charge in [-0.2, -0.15) is 9.97 Å². The lowest BCUT2D eigenvalue weighted by atomic mass is 9.54. The predicted octanol–water partition coefficient (Wildman–Crippen LogP) is 13.8. The molecule has 1 aliphatic carbocycles. The Morgan fingerprint density at radius 2 is 1.17 bits per heavy atom. The minimum atomic E-state index is -0.103. The van der Waals surface area contributed by atoms with Gasteiger partial charge < -0.3 is 4.57 Å². The number of fused-ring (bicyclic) bond motifs is 11. The van der Waals surface area contributed by atoms with Crippen molar-refractivity contribution in [3.63, 3.8) is 0 Å². The molecule has 10 aromatic rings. The predicted molar refractivity (Wildman–Crippen MR) is 249 cm³/mol. The molecule has 7 aromatic carbocycles. The van der Waals surface area contributed by atoms with Gasteiger partial charge in [0.1, 0.15) is 0 Å². The molecule has 0 spiro atoms. The molecule has 3 aromatic heterocycles. The molecule has 0 N–H and O–H groups in total. The van der Waals surface area contributed by atoms with Gasteiger partial charge in [0.2, 0.25) is 5.95 Å². The van der Waals surface area contributed by atoms with Crippen LogP contribution in [0.5, 0.6) is 0 Å². The van der Waals surface area contributed by atoms with Crippen LogP contribution in [0.15, 0.2) is 140 Å². The van der Waals surface area contributed by atoms with Gasteiger partial charge in [0.15, 0.2) is 11.6 Å². The Morgan fingerprint density at radius 3 is 1.90 bits per heavy atom. The third-order valence-electron chi connectivity index (χ3n) is 14.5. The van der Waals surface area contributed by atoms with Gasteiger partial charge >= 0.3 is 0 Å². The van der Waals surface area contributed by atoms with Crippen LogP contribution in [0, 0.1) is 5.92 Å². The molecule has 0 amide bonds. The maximum absolute atomic E-state index is 5.39. The summed E-state index contributed by atoms with van der Waals surface area (Å²) in [5.74, 6) is 2.43. The van der Waals surface area contributed by atoms with Gasteiger partial charge in [-0.3, -0.25) is 4.57 Å². The molecule has 2 atom stereocenters. The number of nitrogens with zero attached hydrogens (tertiary/aromatic N) is 5. The molecule has 0 bridgehead atoms. The van der Waals surface area contributed by atoms with Gasteiger partial charge in [0.25, 0.3) is 0 Å². The summed E-state index contributed by atoms with van der Waals surface area (Å²) in [6.45, 7) is 16.6. The van der Waals surface area contributed by atoms with E-state index < -0.39 is 0 Å². The molecule has 60 heavy (non-hydrogen) atoms. The normalized spacial score (nSPS) is 18.2. The summed E-state index contributed by atoms with van der Waals surface area (Å²) in [5.41, 5.74) is 13.6. The van der Waals surface area contributed by atoms with Crippen molar-refractivity contribution in [3.8, 4) is 34.4 Å². The van der Waals surface area contributed by atoms with Crippen molar-refractivity contribution in [2.75, 3.05) is 0 Å². The molecule has 0 radical (unpaired) electrons. The highest BCUT2D eigenvalue weighted by atomic mass is 15.2. The Hall–Kier alpha value is -6.59. The second-order valence-electron chi connectivity index (χ2n) is 19.2. The summed E-state index contributed by atoms with van der Waals surface area (Å²) in [5, 5.41) is 7.30. The topological polar surface area (TPSA) is 48.5 Å². The monoisotopic (exact) mass is 777 g/mol. The number of hydrogen-bond acceptors (Lipinski definition) is 3. The van der Waals surface area contributed by atoms with Crippen molar-refractivity contribution < 1.29 is 0 Å². The van der Waals surface area contributed by atoms with Gasteiger partial charge in [0, 0.05) is 43.5 Å². The van der Waals surface area contributed by atoms with Crippen LogP contribution in [0.3, 0.4) is 0 Å². The zero-order valence-corrected chi connectivity index (χ0v) is 35.3. The smallest absolute Gasteiger partial charge is 0.238 e. The van der Waals surface area contributed by atoms with Crippen LogP contribution in [-0.2, 0) is 16.2 Å². The van der Waals surface area contributed by atoms with Crippen LogP contribution in [0.25, 0.3) is 88.8 Å². The molecule has 292 valence electrons. The molecular formula is C55H47N5. The Bertz CT molecular complexity index is 3430. The van der Waals surface area contributed by atoms with E-state index in [1.807, 2.05) is 18.2 Å². The van der Waals surface area contributed by atoms with Crippen molar-refractivity contribution in [1.29, 1.82) is 0 Å². The maximum Gasteiger partial charge on any atom is 0.238 e. The summed E-state index contributed by atoms with van der Waals surface area (Å²) in [6, 6.07) is 51.1.